The van der Waals surface area contributed by atoms with Gasteiger partial charge >= 0.3 is 17.8 Å². The average molecular weight is 319 g/mol. The van der Waals surface area contributed by atoms with Crippen molar-refractivity contribution >= 4 is 17.6 Å². The van der Waals surface area contributed by atoms with Gasteiger partial charge in [0.25, 0.3) is 0 Å². The zero-order valence-corrected chi connectivity index (χ0v) is 12.2. The maximum Gasteiger partial charge on any atom is 0.438 e. The molecule has 9 heteroatoms. The lowest BCUT2D eigenvalue weighted by Crippen LogP contribution is -2.73. The van der Waals surface area contributed by atoms with Crippen LogP contribution in [0.3, 0.4) is 0 Å². The van der Waals surface area contributed by atoms with Crippen molar-refractivity contribution < 1.29 is 27.5 Å². The molecule has 0 aliphatic carbocycles. The second-order valence-corrected chi connectivity index (χ2v) is 4.49. The molecule has 0 saturated heterocycles. The Balaban J connectivity index is 3.16. The Morgan fingerprint density at radius 2 is 1.77 bits per heavy atom. The highest BCUT2D eigenvalue weighted by Crippen LogP contribution is 2.30. The van der Waals surface area contributed by atoms with E-state index in [9.17, 15) is 22.8 Å². The first-order valence-corrected chi connectivity index (χ1v) is 6.16. The molecule has 0 spiro atoms. The molecular weight excluding hydrogens is 303 g/mol. The predicted molar refractivity (Wildman–Crippen MR) is 72.6 cm³/mol. The first-order chi connectivity index (χ1) is 10.1. The molecule has 0 bridgehead atoms. The number of hydrogen-bond donors (Lipinski definition) is 3. The van der Waals surface area contributed by atoms with E-state index in [1.807, 2.05) is 5.43 Å². The number of carbonyl (C=O) groups is 2. The van der Waals surface area contributed by atoms with E-state index in [-0.39, 0.29) is 0 Å². The first-order valence-electron chi connectivity index (χ1n) is 6.16. The van der Waals surface area contributed by atoms with Gasteiger partial charge in [-0.05, 0) is 18.6 Å². The van der Waals surface area contributed by atoms with Crippen molar-refractivity contribution in [3.8, 4) is 0 Å². The van der Waals surface area contributed by atoms with E-state index >= 15 is 0 Å². The highest BCUT2D eigenvalue weighted by atomic mass is 19.4. The van der Waals surface area contributed by atoms with E-state index in [2.05, 4.69) is 10.2 Å². The smallest absolute Gasteiger partial charge is 0.438 e. The number of alkyl halides is 3. The zero-order valence-electron chi connectivity index (χ0n) is 12.2. The normalized spacial score (nSPS) is 13.9. The standard InChI is InChI=1S/C13H16F3N3O3/c1-8-6-4-5-7-10(8)18-19-12(11(21)22-3,13(14,15)16)17-9(2)20/h4-7,18-19H,1-3H3,(H,17,20)/t12-/m0/s1. The fourth-order valence-electron chi connectivity index (χ4n) is 1.68. The van der Waals surface area contributed by atoms with Gasteiger partial charge in [0.1, 0.15) is 0 Å². The molecule has 22 heavy (non-hydrogen) atoms. The molecule has 6 nitrogen and oxygen atoms in total. The number of amides is 1. The summed E-state index contributed by atoms with van der Waals surface area (Å²) in [6, 6.07) is 6.47. The maximum atomic E-state index is 13.4. The summed E-state index contributed by atoms with van der Waals surface area (Å²) in [5, 5.41) is 1.56. The third-order valence-electron chi connectivity index (χ3n) is 2.81. The minimum Gasteiger partial charge on any atom is -0.466 e. The van der Waals surface area contributed by atoms with Gasteiger partial charge in [-0.2, -0.15) is 18.6 Å². The number of nitrogens with one attached hydrogen (secondary N) is 3. The van der Waals surface area contributed by atoms with E-state index < -0.39 is 23.7 Å². The quantitative estimate of drug-likeness (QED) is 0.435. The Morgan fingerprint density at radius 3 is 2.23 bits per heavy atom. The lowest BCUT2D eigenvalue weighted by molar-refractivity contribution is -0.218. The summed E-state index contributed by atoms with van der Waals surface area (Å²) in [4.78, 5) is 22.8. The summed E-state index contributed by atoms with van der Waals surface area (Å²) in [5.74, 6) is -2.75. The number of benzene rings is 1. The molecule has 0 unspecified atom stereocenters. The number of esters is 1. The Hall–Kier alpha value is -2.29. The summed E-state index contributed by atoms with van der Waals surface area (Å²) in [6.07, 6.45) is -5.14. The van der Waals surface area contributed by atoms with Crippen LogP contribution in [0.5, 0.6) is 0 Å². The SMILES string of the molecule is COC(=O)[C@@](NNc1ccccc1C)(NC(C)=O)C(F)(F)F. The van der Waals surface area contributed by atoms with Crippen LogP contribution < -0.4 is 16.2 Å². The van der Waals surface area contributed by atoms with Crippen LogP contribution in [-0.4, -0.2) is 30.8 Å². The molecule has 3 N–H and O–H groups in total. The molecule has 0 aliphatic heterocycles. The molecule has 1 aromatic rings. The number of hydrazine groups is 1. The molecule has 0 saturated carbocycles. The highest BCUT2D eigenvalue weighted by Gasteiger charge is 2.63. The Kier molecular flexibility index (Phi) is 5.37. The molecule has 1 atom stereocenters. The second-order valence-electron chi connectivity index (χ2n) is 4.49. The van der Waals surface area contributed by atoms with Crippen molar-refractivity contribution in [2.45, 2.75) is 25.7 Å². The summed E-state index contributed by atoms with van der Waals surface area (Å²) >= 11 is 0. The van der Waals surface area contributed by atoms with Gasteiger partial charge in [0.15, 0.2) is 0 Å². The minimum atomic E-state index is -5.14. The van der Waals surface area contributed by atoms with Gasteiger partial charge in [-0.1, -0.05) is 18.2 Å². The number of para-hydroxylation sites is 1. The number of anilines is 1. The van der Waals surface area contributed by atoms with Crippen LogP contribution in [0.15, 0.2) is 24.3 Å². The third kappa shape index (κ3) is 3.67. The van der Waals surface area contributed by atoms with E-state index in [1.54, 1.807) is 30.4 Å². The molecule has 122 valence electrons. The largest absolute Gasteiger partial charge is 0.466 e. The summed E-state index contributed by atoms with van der Waals surface area (Å²) in [5.41, 5.74) is 1.67. The minimum absolute atomic E-state index is 0.311. The van der Waals surface area contributed by atoms with E-state index in [0.29, 0.717) is 11.3 Å². The second kappa shape index (κ2) is 6.65. The number of rotatable bonds is 5. The number of aryl methyl sites for hydroxylation is 1. The van der Waals surface area contributed by atoms with E-state index in [0.717, 1.165) is 14.0 Å². The fourth-order valence-corrected chi connectivity index (χ4v) is 1.68. The van der Waals surface area contributed by atoms with Gasteiger partial charge in [0, 0.05) is 6.92 Å². The van der Waals surface area contributed by atoms with Crippen LogP contribution >= 0.6 is 0 Å². The van der Waals surface area contributed by atoms with Crippen LogP contribution in [-0.2, 0) is 14.3 Å². The predicted octanol–water partition coefficient (Wildman–Crippen LogP) is 1.48. The fraction of sp³-hybridized carbons (Fsp3) is 0.385. The van der Waals surface area contributed by atoms with Crippen LogP contribution in [0, 0.1) is 6.92 Å². The van der Waals surface area contributed by atoms with Crippen molar-refractivity contribution in [3.63, 3.8) is 0 Å². The lowest BCUT2D eigenvalue weighted by atomic mass is 10.1. The van der Waals surface area contributed by atoms with Crippen LogP contribution in [0.25, 0.3) is 0 Å². The number of carbonyl (C=O) groups excluding carboxylic acids is 2. The van der Waals surface area contributed by atoms with Crippen LogP contribution in [0.4, 0.5) is 18.9 Å². The van der Waals surface area contributed by atoms with Gasteiger partial charge in [0.05, 0.1) is 12.8 Å². The highest BCUT2D eigenvalue weighted by molar-refractivity contribution is 5.87. The summed E-state index contributed by atoms with van der Waals surface area (Å²) in [7, 11) is 0.792. The molecule has 0 aromatic heterocycles. The van der Waals surface area contributed by atoms with Crippen molar-refractivity contribution in [3.05, 3.63) is 29.8 Å². The Labute approximate surface area is 125 Å². The number of halogens is 3. The topological polar surface area (TPSA) is 79.5 Å². The molecular formula is C13H16F3N3O3. The zero-order chi connectivity index (χ0) is 17.0. The average Bonchev–Trinajstić information content (AvgIpc) is 2.42. The summed E-state index contributed by atoms with van der Waals surface area (Å²) < 4.78 is 44.3. The van der Waals surface area contributed by atoms with Crippen molar-refractivity contribution in [2.75, 3.05) is 12.5 Å². The van der Waals surface area contributed by atoms with Crippen molar-refractivity contribution in [2.24, 2.45) is 0 Å². The van der Waals surface area contributed by atoms with E-state index in [1.165, 1.54) is 6.07 Å². The number of hydrogen-bond acceptors (Lipinski definition) is 5. The van der Waals surface area contributed by atoms with Crippen LogP contribution in [0.1, 0.15) is 12.5 Å². The van der Waals surface area contributed by atoms with Gasteiger partial charge in [-0.3, -0.25) is 4.79 Å². The van der Waals surface area contributed by atoms with Gasteiger partial charge in [0.2, 0.25) is 5.91 Å². The first kappa shape index (κ1) is 17.8. The molecule has 0 aliphatic rings. The van der Waals surface area contributed by atoms with Crippen molar-refractivity contribution in [1.82, 2.24) is 10.7 Å². The molecule has 1 aromatic carbocycles. The lowest BCUT2D eigenvalue weighted by Gasteiger charge is -2.34. The monoisotopic (exact) mass is 319 g/mol. The Morgan fingerprint density at radius 1 is 1.18 bits per heavy atom. The Bertz CT molecular complexity index is 563. The molecule has 0 radical (unpaired) electrons. The van der Waals surface area contributed by atoms with Gasteiger partial charge in [-0.15, -0.1) is 0 Å². The number of ether oxygens (including phenoxy) is 1. The van der Waals surface area contributed by atoms with Crippen LogP contribution in [0.2, 0.25) is 0 Å². The van der Waals surface area contributed by atoms with Gasteiger partial charge in [-0.25, -0.2) is 4.79 Å². The number of methoxy groups -OCH3 is 1. The molecule has 0 heterocycles. The molecule has 1 rings (SSSR count). The molecule has 0 fully saturated rings. The molecule has 1 amide bonds. The maximum absolute atomic E-state index is 13.4. The summed E-state index contributed by atoms with van der Waals surface area (Å²) in [6.45, 7) is 2.52. The van der Waals surface area contributed by atoms with E-state index in [4.69, 9.17) is 0 Å². The third-order valence-corrected chi connectivity index (χ3v) is 2.81. The van der Waals surface area contributed by atoms with Gasteiger partial charge < -0.3 is 15.5 Å². The van der Waals surface area contributed by atoms with Crippen molar-refractivity contribution in [1.29, 1.82) is 0 Å².